The first kappa shape index (κ1) is 13.0. The minimum atomic E-state index is -0.587. The number of methoxy groups -OCH3 is 1. The first-order valence-corrected chi connectivity index (χ1v) is 5.59. The van der Waals surface area contributed by atoms with Crippen molar-refractivity contribution in [3.8, 4) is 11.1 Å². The number of halogens is 1. The lowest BCUT2D eigenvalue weighted by atomic mass is 10.0. The van der Waals surface area contributed by atoms with Crippen molar-refractivity contribution >= 4 is 12.3 Å². The second-order valence-corrected chi connectivity index (χ2v) is 3.93. The molecule has 0 radical (unpaired) electrons. The van der Waals surface area contributed by atoms with E-state index in [0.29, 0.717) is 23.0 Å². The number of rotatable bonds is 3. The fourth-order valence-electron chi connectivity index (χ4n) is 1.75. The van der Waals surface area contributed by atoms with Crippen LogP contribution in [-0.4, -0.2) is 19.4 Å². The summed E-state index contributed by atoms with van der Waals surface area (Å²) in [5, 5.41) is 0. The van der Waals surface area contributed by atoms with E-state index >= 15 is 0 Å². The summed E-state index contributed by atoms with van der Waals surface area (Å²) in [4.78, 5) is 22.0. The molecule has 0 spiro atoms. The molecule has 2 aromatic rings. The zero-order chi connectivity index (χ0) is 13.8. The van der Waals surface area contributed by atoms with Gasteiger partial charge in [-0.05, 0) is 35.4 Å². The summed E-state index contributed by atoms with van der Waals surface area (Å²) < 4.78 is 18.2. The van der Waals surface area contributed by atoms with Crippen molar-refractivity contribution in [3.05, 3.63) is 59.4 Å². The van der Waals surface area contributed by atoms with E-state index in [9.17, 15) is 14.0 Å². The van der Waals surface area contributed by atoms with Crippen LogP contribution in [-0.2, 0) is 4.74 Å². The molecular weight excluding hydrogens is 247 g/mol. The van der Waals surface area contributed by atoms with Gasteiger partial charge in [-0.15, -0.1) is 0 Å². The predicted molar refractivity (Wildman–Crippen MR) is 68.6 cm³/mol. The fraction of sp³-hybridized carbons (Fsp3) is 0.0667. The molecule has 0 aliphatic carbocycles. The molecule has 0 bridgehead atoms. The van der Waals surface area contributed by atoms with Crippen molar-refractivity contribution < 1.29 is 18.7 Å². The zero-order valence-electron chi connectivity index (χ0n) is 10.2. The van der Waals surface area contributed by atoms with Crippen molar-refractivity contribution in [1.29, 1.82) is 0 Å². The number of esters is 1. The Labute approximate surface area is 109 Å². The summed E-state index contributed by atoms with van der Waals surface area (Å²) in [6, 6.07) is 11.0. The molecule has 0 aromatic heterocycles. The van der Waals surface area contributed by atoms with Gasteiger partial charge in [-0.1, -0.05) is 18.2 Å². The molecule has 3 nitrogen and oxygen atoms in total. The monoisotopic (exact) mass is 258 g/mol. The second-order valence-electron chi connectivity index (χ2n) is 3.93. The largest absolute Gasteiger partial charge is 0.465 e. The Balaban J connectivity index is 2.44. The Hall–Kier alpha value is -2.49. The van der Waals surface area contributed by atoms with E-state index in [1.807, 2.05) is 0 Å². The third-order valence-electron chi connectivity index (χ3n) is 2.74. The van der Waals surface area contributed by atoms with E-state index in [2.05, 4.69) is 4.74 Å². The van der Waals surface area contributed by atoms with Gasteiger partial charge in [0.2, 0.25) is 0 Å². The van der Waals surface area contributed by atoms with Crippen molar-refractivity contribution in [2.75, 3.05) is 7.11 Å². The molecule has 0 amide bonds. The molecule has 0 atom stereocenters. The Kier molecular flexibility index (Phi) is 3.71. The average Bonchev–Trinajstić information content (AvgIpc) is 2.46. The molecule has 2 aromatic carbocycles. The highest BCUT2D eigenvalue weighted by Crippen LogP contribution is 2.22. The fourth-order valence-corrected chi connectivity index (χ4v) is 1.75. The molecular formula is C15H11FO3. The van der Waals surface area contributed by atoms with Crippen LogP contribution in [0.25, 0.3) is 11.1 Å². The summed E-state index contributed by atoms with van der Waals surface area (Å²) in [6.07, 6.45) is 0.462. The van der Waals surface area contributed by atoms with Crippen LogP contribution >= 0.6 is 0 Å². The third-order valence-corrected chi connectivity index (χ3v) is 2.74. The van der Waals surface area contributed by atoms with Gasteiger partial charge in [-0.2, -0.15) is 0 Å². The van der Waals surface area contributed by atoms with Crippen LogP contribution in [0.2, 0.25) is 0 Å². The minimum Gasteiger partial charge on any atom is -0.465 e. The topological polar surface area (TPSA) is 43.4 Å². The Morgan fingerprint density at radius 2 is 1.89 bits per heavy atom. The Morgan fingerprint density at radius 3 is 2.53 bits per heavy atom. The number of benzene rings is 2. The van der Waals surface area contributed by atoms with E-state index in [0.717, 1.165) is 0 Å². The number of aldehydes is 1. The molecule has 2 rings (SSSR count). The highest BCUT2D eigenvalue weighted by molar-refractivity contribution is 5.91. The molecule has 0 saturated heterocycles. The maximum Gasteiger partial charge on any atom is 0.337 e. The van der Waals surface area contributed by atoms with E-state index in [1.54, 1.807) is 30.3 Å². The van der Waals surface area contributed by atoms with Crippen LogP contribution in [0, 0.1) is 5.82 Å². The number of ether oxygens (including phenoxy) is 1. The predicted octanol–water partition coefficient (Wildman–Crippen LogP) is 3.09. The molecule has 0 heterocycles. The van der Waals surface area contributed by atoms with Crippen molar-refractivity contribution in [1.82, 2.24) is 0 Å². The highest BCUT2D eigenvalue weighted by Gasteiger charge is 2.08. The summed E-state index contributed by atoms with van der Waals surface area (Å²) in [5.41, 5.74) is 1.67. The van der Waals surface area contributed by atoms with Crippen molar-refractivity contribution in [2.45, 2.75) is 0 Å². The number of hydrogen-bond acceptors (Lipinski definition) is 3. The number of carbonyl (C=O) groups is 2. The normalized spacial score (nSPS) is 10.0. The Bertz CT molecular complexity index is 635. The maximum atomic E-state index is 13.5. The van der Waals surface area contributed by atoms with Gasteiger partial charge in [-0.3, -0.25) is 4.79 Å². The molecule has 0 aliphatic heterocycles. The summed E-state index contributed by atoms with van der Waals surface area (Å²) >= 11 is 0. The van der Waals surface area contributed by atoms with E-state index in [-0.39, 0.29) is 5.56 Å². The Morgan fingerprint density at radius 1 is 1.16 bits per heavy atom. The molecule has 0 fully saturated rings. The quantitative estimate of drug-likeness (QED) is 0.627. The lowest BCUT2D eigenvalue weighted by Gasteiger charge is -2.05. The lowest BCUT2D eigenvalue weighted by molar-refractivity contribution is 0.0600. The smallest absolute Gasteiger partial charge is 0.337 e. The van der Waals surface area contributed by atoms with Crippen molar-refractivity contribution in [2.24, 2.45) is 0 Å². The van der Waals surface area contributed by atoms with E-state index in [4.69, 9.17) is 0 Å². The van der Waals surface area contributed by atoms with Gasteiger partial charge >= 0.3 is 5.97 Å². The second kappa shape index (κ2) is 5.44. The first-order chi connectivity index (χ1) is 9.15. The van der Waals surface area contributed by atoms with E-state index < -0.39 is 11.8 Å². The van der Waals surface area contributed by atoms with Gasteiger partial charge in [-0.25, -0.2) is 9.18 Å². The number of carbonyl (C=O) groups excluding carboxylic acids is 2. The SMILES string of the molecule is COC(=O)c1cccc(-c2ccc(C=O)c(F)c2)c1. The molecule has 96 valence electrons. The molecule has 19 heavy (non-hydrogen) atoms. The van der Waals surface area contributed by atoms with Crippen LogP contribution in [0.5, 0.6) is 0 Å². The lowest BCUT2D eigenvalue weighted by Crippen LogP contribution is -2.00. The summed E-state index contributed by atoms with van der Waals surface area (Å²) in [5.74, 6) is -1.04. The molecule has 0 saturated carbocycles. The standard InChI is InChI=1S/C15H11FO3/c1-19-15(18)12-4-2-3-10(7-12)11-5-6-13(9-17)14(16)8-11/h2-9H,1H3. The molecule has 0 N–H and O–H groups in total. The molecule has 4 heteroatoms. The van der Waals surface area contributed by atoms with Gasteiger partial charge in [0.15, 0.2) is 6.29 Å². The van der Waals surface area contributed by atoms with Crippen LogP contribution in [0.1, 0.15) is 20.7 Å². The summed E-state index contributed by atoms with van der Waals surface area (Å²) in [7, 11) is 1.30. The van der Waals surface area contributed by atoms with Crippen molar-refractivity contribution in [3.63, 3.8) is 0 Å². The highest BCUT2D eigenvalue weighted by atomic mass is 19.1. The maximum absolute atomic E-state index is 13.5. The van der Waals surface area contributed by atoms with Crippen LogP contribution in [0.3, 0.4) is 0 Å². The minimum absolute atomic E-state index is 0.00729. The first-order valence-electron chi connectivity index (χ1n) is 5.59. The van der Waals surface area contributed by atoms with Gasteiger partial charge in [0.1, 0.15) is 5.82 Å². The molecule has 0 aliphatic rings. The van der Waals surface area contributed by atoms with Crippen LogP contribution in [0.15, 0.2) is 42.5 Å². The number of hydrogen-bond donors (Lipinski definition) is 0. The van der Waals surface area contributed by atoms with Gasteiger partial charge in [0.05, 0.1) is 18.2 Å². The van der Waals surface area contributed by atoms with Gasteiger partial charge < -0.3 is 4.74 Å². The molecule has 0 unspecified atom stereocenters. The van der Waals surface area contributed by atoms with Gasteiger partial charge in [0.25, 0.3) is 0 Å². The van der Waals surface area contributed by atoms with E-state index in [1.165, 1.54) is 19.2 Å². The summed E-state index contributed by atoms with van der Waals surface area (Å²) in [6.45, 7) is 0. The van der Waals surface area contributed by atoms with Gasteiger partial charge in [0, 0.05) is 0 Å². The van der Waals surface area contributed by atoms with Crippen LogP contribution in [0.4, 0.5) is 4.39 Å². The third kappa shape index (κ3) is 2.68. The zero-order valence-corrected chi connectivity index (χ0v) is 10.2. The van der Waals surface area contributed by atoms with Crippen LogP contribution < -0.4 is 0 Å². The average molecular weight is 258 g/mol.